The zero-order valence-corrected chi connectivity index (χ0v) is 27.8. The van der Waals surface area contributed by atoms with Gasteiger partial charge in [0.15, 0.2) is 0 Å². The molecule has 1 aliphatic rings. The van der Waals surface area contributed by atoms with Crippen molar-refractivity contribution in [3.05, 3.63) is 140 Å². The van der Waals surface area contributed by atoms with E-state index < -0.39 is 0 Å². The third-order valence-corrected chi connectivity index (χ3v) is 8.69. The van der Waals surface area contributed by atoms with E-state index in [0.717, 1.165) is 41.0 Å². The van der Waals surface area contributed by atoms with Crippen LogP contribution in [0.3, 0.4) is 0 Å². The fourth-order valence-electron chi connectivity index (χ4n) is 6.02. The quantitative estimate of drug-likeness (QED) is 0.112. The Bertz CT molecular complexity index is 1780. The van der Waals surface area contributed by atoms with Gasteiger partial charge < -0.3 is 20.4 Å². The van der Waals surface area contributed by atoms with Gasteiger partial charge in [0.05, 0.1) is 26.4 Å². The van der Waals surface area contributed by atoms with Crippen LogP contribution in [0.1, 0.15) is 112 Å². The zero-order chi connectivity index (χ0) is 33.7. The normalized spacial score (nSPS) is 12.2. The van der Waals surface area contributed by atoms with Crippen molar-refractivity contribution in [2.45, 2.75) is 84.7 Å². The number of aliphatic hydroxyl groups excluding tert-OH is 4. The number of rotatable bonds is 10. The van der Waals surface area contributed by atoms with Crippen LogP contribution in [0.4, 0.5) is 0 Å². The van der Waals surface area contributed by atoms with E-state index in [1.807, 2.05) is 42.5 Å². The molecule has 0 heterocycles. The lowest BCUT2D eigenvalue weighted by Crippen LogP contribution is -2.13. The highest BCUT2D eigenvalue weighted by molar-refractivity contribution is 5.56. The molecule has 0 aromatic heterocycles. The molecule has 0 radical (unpaired) electrons. The topological polar surface area (TPSA) is 80.9 Å². The van der Waals surface area contributed by atoms with Crippen molar-refractivity contribution < 1.29 is 20.4 Å². The summed E-state index contributed by atoms with van der Waals surface area (Å²) in [6.07, 6.45) is 9.76. The first-order valence-electron chi connectivity index (χ1n) is 17.0. The predicted molar refractivity (Wildman–Crippen MR) is 192 cm³/mol. The molecule has 4 nitrogen and oxygen atoms in total. The average Bonchev–Trinajstić information content (AvgIpc) is 3.10. The summed E-state index contributed by atoms with van der Waals surface area (Å²) in [5.74, 6) is 20.5. The highest BCUT2D eigenvalue weighted by Gasteiger charge is 2.18. The maximum atomic E-state index is 9.67. The van der Waals surface area contributed by atoms with Crippen molar-refractivity contribution in [3.8, 4) is 35.5 Å². The van der Waals surface area contributed by atoms with Gasteiger partial charge in [-0.2, -0.15) is 0 Å². The minimum absolute atomic E-state index is 0.134. The molecule has 4 heteroatoms. The van der Waals surface area contributed by atoms with Crippen LogP contribution >= 0.6 is 0 Å². The number of hydrogen-bond acceptors (Lipinski definition) is 4. The number of benzene rings is 4. The monoisotopic (exact) mass is 636 g/mol. The minimum Gasteiger partial charge on any atom is -0.392 e. The molecule has 244 valence electrons. The molecule has 1 saturated carbocycles. The maximum Gasteiger partial charge on any atom is 0.0682 e. The second-order valence-electron chi connectivity index (χ2n) is 12.8. The summed E-state index contributed by atoms with van der Waals surface area (Å²) in [4.78, 5) is 0. The largest absolute Gasteiger partial charge is 0.392 e. The van der Waals surface area contributed by atoms with E-state index in [9.17, 15) is 20.4 Å². The molecular weight excluding hydrogens is 592 g/mol. The van der Waals surface area contributed by atoms with Gasteiger partial charge in [0, 0.05) is 33.4 Å². The molecule has 5 rings (SSSR count). The van der Waals surface area contributed by atoms with Crippen molar-refractivity contribution in [1.29, 1.82) is 0 Å². The van der Waals surface area contributed by atoms with Gasteiger partial charge in [-0.25, -0.2) is 0 Å². The van der Waals surface area contributed by atoms with Crippen LogP contribution in [0.25, 0.3) is 0 Å². The molecule has 0 spiro atoms. The third-order valence-electron chi connectivity index (χ3n) is 8.69. The number of unbranched alkanes of at least 4 members (excludes halogenated alkanes) is 2. The molecule has 4 aromatic rings. The van der Waals surface area contributed by atoms with E-state index in [2.05, 4.69) is 60.6 Å². The summed E-state index contributed by atoms with van der Waals surface area (Å²) in [6.45, 7) is 1.70. The molecule has 1 aliphatic carbocycles. The molecule has 0 saturated heterocycles. The molecule has 4 N–H and O–H groups in total. The molecule has 4 aromatic carbocycles. The standard InChI is InChI=1S/C44H44O4/c1-2-3-4-6-33-16-37(21-40(20-33)15-32-7-5-8-32)12-9-34-17-35(10-13-38-22-41(28-45)26-42(23-38)29-46)19-36(18-34)11-14-39-24-43(30-47)27-44(25-39)31-48/h16-27,32,45-48H,2-8,15,28-31H2,1H3. The highest BCUT2D eigenvalue weighted by Crippen LogP contribution is 2.30. The van der Waals surface area contributed by atoms with E-state index in [-0.39, 0.29) is 26.4 Å². The number of aliphatic hydroxyl groups is 4. The van der Waals surface area contributed by atoms with Crippen LogP contribution < -0.4 is 0 Å². The molecule has 0 unspecified atom stereocenters. The minimum atomic E-state index is -0.134. The summed E-state index contributed by atoms with van der Waals surface area (Å²) >= 11 is 0. The second kappa shape index (κ2) is 17.5. The van der Waals surface area contributed by atoms with Gasteiger partial charge in [-0.15, -0.1) is 0 Å². The molecular formula is C44H44O4. The second-order valence-corrected chi connectivity index (χ2v) is 12.8. The fraction of sp³-hybridized carbons (Fsp3) is 0.318. The summed E-state index contributed by atoms with van der Waals surface area (Å²) < 4.78 is 0. The van der Waals surface area contributed by atoms with Gasteiger partial charge >= 0.3 is 0 Å². The van der Waals surface area contributed by atoms with E-state index in [1.165, 1.54) is 49.7 Å². The summed E-state index contributed by atoms with van der Waals surface area (Å²) in [7, 11) is 0. The Morgan fingerprint density at radius 2 is 0.812 bits per heavy atom. The van der Waals surface area contributed by atoms with Crippen LogP contribution in [0.5, 0.6) is 0 Å². The highest BCUT2D eigenvalue weighted by atomic mass is 16.3. The van der Waals surface area contributed by atoms with Crippen LogP contribution in [-0.4, -0.2) is 20.4 Å². The third kappa shape index (κ3) is 10.2. The lowest BCUT2D eigenvalue weighted by atomic mass is 9.80. The van der Waals surface area contributed by atoms with Gasteiger partial charge in [-0.1, -0.05) is 92.7 Å². The summed E-state index contributed by atoms with van der Waals surface area (Å²) in [5, 5.41) is 38.7. The Hall–Kier alpha value is -4.60. The van der Waals surface area contributed by atoms with Gasteiger partial charge in [0.1, 0.15) is 0 Å². The number of aryl methyl sites for hydroxylation is 1. The van der Waals surface area contributed by atoms with Gasteiger partial charge in [0.2, 0.25) is 0 Å². The fourth-order valence-corrected chi connectivity index (χ4v) is 6.02. The van der Waals surface area contributed by atoms with Crippen LogP contribution in [0.2, 0.25) is 0 Å². The molecule has 0 amide bonds. The van der Waals surface area contributed by atoms with Crippen molar-refractivity contribution >= 4 is 0 Å². The lowest BCUT2D eigenvalue weighted by molar-refractivity contribution is 0.275. The zero-order valence-electron chi connectivity index (χ0n) is 27.8. The summed E-state index contributed by atoms with van der Waals surface area (Å²) in [6, 6.07) is 23.5. The summed E-state index contributed by atoms with van der Waals surface area (Å²) in [5.41, 5.74) is 10.2. The van der Waals surface area contributed by atoms with Crippen molar-refractivity contribution in [1.82, 2.24) is 0 Å². The van der Waals surface area contributed by atoms with E-state index >= 15 is 0 Å². The predicted octanol–water partition coefficient (Wildman–Crippen LogP) is 6.93. The maximum absolute atomic E-state index is 9.67. The van der Waals surface area contributed by atoms with Crippen LogP contribution in [-0.2, 0) is 39.3 Å². The van der Waals surface area contributed by atoms with Crippen molar-refractivity contribution in [2.75, 3.05) is 0 Å². The van der Waals surface area contributed by atoms with E-state index in [0.29, 0.717) is 33.4 Å². The van der Waals surface area contributed by atoms with Gasteiger partial charge in [-0.05, 0) is 113 Å². The van der Waals surface area contributed by atoms with Gasteiger partial charge in [-0.3, -0.25) is 0 Å². The molecule has 1 fully saturated rings. The SMILES string of the molecule is CCCCCc1cc(C#Cc2cc(C#Cc3cc(CO)cc(CO)c3)cc(C#Cc3cc(CO)cc(CO)c3)c2)cc(CC2CCC2)c1. The smallest absolute Gasteiger partial charge is 0.0682 e. The first-order valence-corrected chi connectivity index (χ1v) is 17.0. The van der Waals surface area contributed by atoms with E-state index in [1.54, 1.807) is 12.1 Å². The van der Waals surface area contributed by atoms with E-state index in [4.69, 9.17) is 0 Å². The Balaban J connectivity index is 1.53. The first kappa shape index (κ1) is 34.7. The van der Waals surface area contributed by atoms with Crippen LogP contribution in [0, 0.1) is 41.4 Å². The molecule has 48 heavy (non-hydrogen) atoms. The van der Waals surface area contributed by atoms with Gasteiger partial charge in [0.25, 0.3) is 0 Å². The Kier molecular flexibility index (Phi) is 12.7. The lowest BCUT2D eigenvalue weighted by Gasteiger charge is -2.25. The van der Waals surface area contributed by atoms with Crippen molar-refractivity contribution in [3.63, 3.8) is 0 Å². The van der Waals surface area contributed by atoms with Crippen LogP contribution in [0.15, 0.2) is 72.8 Å². The molecule has 0 atom stereocenters. The molecule has 0 aliphatic heterocycles. The van der Waals surface area contributed by atoms with Crippen molar-refractivity contribution in [2.24, 2.45) is 5.92 Å². The average molecular weight is 637 g/mol. The molecule has 0 bridgehead atoms. The Labute approximate surface area is 285 Å². The first-order chi connectivity index (χ1) is 23.5. The number of hydrogen-bond donors (Lipinski definition) is 4. The Morgan fingerprint density at radius 3 is 1.17 bits per heavy atom. The Morgan fingerprint density at radius 1 is 0.458 bits per heavy atom.